The number of carbonyl (C=O) groups is 3. The number of hydrogen-bond acceptors (Lipinski definition) is 7. The minimum atomic E-state index is -0.690. The molecule has 0 bridgehead atoms. The SMILES string of the molecule is CC1(C)/C(=C\C=C\C=C2C(=O)N(c3ccc(F)cc3)C(=S)N(c3ccc(F)cc3)C2=O)N(CCCNC(=O)CI)c2ccc(SO)cc21. The van der Waals surface area contributed by atoms with Crippen LogP contribution in [-0.4, -0.2) is 44.9 Å². The van der Waals surface area contributed by atoms with Gasteiger partial charge in [0.15, 0.2) is 5.11 Å². The van der Waals surface area contributed by atoms with Crippen LogP contribution in [0.1, 0.15) is 25.8 Å². The number of fused-ring (bicyclic) bond motifs is 1. The second-order valence-electron chi connectivity index (χ2n) is 11.4. The predicted molar refractivity (Wildman–Crippen MR) is 197 cm³/mol. The van der Waals surface area contributed by atoms with Crippen molar-refractivity contribution in [3.05, 3.63) is 120 Å². The number of nitrogens with zero attached hydrogens (tertiary/aromatic N) is 3. The lowest BCUT2D eigenvalue weighted by molar-refractivity contribution is -0.121. The molecule has 2 N–H and O–H groups in total. The molecule has 2 aliphatic rings. The molecule has 2 heterocycles. The molecule has 3 aromatic carbocycles. The molecule has 0 spiro atoms. The van der Waals surface area contributed by atoms with Gasteiger partial charge in [-0.25, -0.2) is 8.78 Å². The van der Waals surface area contributed by atoms with Crippen molar-refractivity contribution in [3.8, 4) is 0 Å². The van der Waals surface area contributed by atoms with Gasteiger partial charge in [-0.2, -0.15) is 0 Å². The van der Waals surface area contributed by atoms with Gasteiger partial charge in [0.1, 0.15) is 17.2 Å². The number of halogens is 3. The fourth-order valence-electron chi connectivity index (χ4n) is 5.65. The summed E-state index contributed by atoms with van der Waals surface area (Å²) >= 11 is 8.26. The number of allylic oxidation sites excluding steroid dienone is 5. The predicted octanol–water partition coefficient (Wildman–Crippen LogP) is 7.30. The first-order valence-electron chi connectivity index (χ1n) is 14.9. The molecule has 3 aromatic rings. The van der Waals surface area contributed by atoms with Crippen molar-refractivity contribution >= 4 is 86.7 Å². The fraction of sp³-hybridized carbons (Fsp3) is 0.200. The number of carbonyl (C=O) groups excluding carboxylic acids is 3. The molecule has 0 aliphatic carbocycles. The van der Waals surface area contributed by atoms with Gasteiger partial charge < -0.3 is 14.8 Å². The molecule has 0 aromatic heterocycles. The molecule has 5 rings (SSSR count). The van der Waals surface area contributed by atoms with Crippen LogP contribution in [0.25, 0.3) is 0 Å². The monoisotopic (exact) mass is 800 g/mol. The quantitative estimate of drug-likeness (QED) is 0.0423. The number of amides is 3. The maximum atomic E-state index is 13.8. The van der Waals surface area contributed by atoms with Crippen molar-refractivity contribution in [1.82, 2.24) is 5.32 Å². The second-order valence-corrected chi connectivity index (χ2v) is 13.2. The summed E-state index contributed by atoms with van der Waals surface area (Å²) in [4.78, 5) is 44.4. The van der Waals surface area contributed by atoms with Crippen LogP contribution in [0.5, 0.6) is 0 Å². The zero-order chi connectivity index (χ0) is 34.6. The van der Waals surface area contributed by atoms with Crippen molar-refractivity contribution in [1.29, 1.82) is 0 Å². The molecule has 1 saturated heterocycles. The summed E-state index contributed by atoms with van der Waals surface area (Å²) in [6.07, 6.45) is 7.31. The molecule has 48 heavy (non-hydrogen) atoms. The van der Waals surface area contributed by atoms with E-state index in [9.17, 15) is 27.7 Å². The summed E-state index contributed by atoms with van der Waals surface area (Å²) in [5, 5.41) is 2.75. The van der Waals surface area contributed by atoms with Crippen LogP contribution in [-0.2, 0) is 19.8 Å². The van der Waals surface area contributed by atoms with Gasteiger partial charge in [-0.1, -0.05) is 48.6 Å². The standard InChI is InChI=1S/C35H31F2IN4O4S2/c1-35(2)28-20-26(48-46)16-17-29(28)40(19-5-18-39-31(43)21-38)30(35)7-4-3-6-27-32(44)41(24-12-8-22(36)9-13-24)34(47)42(33(27)45)25-14-10-23(37)11-15-25/h3-4,6-17,20,46H,5,18-19,21H2,1-2H3,(H,39,43)/b4-3+,30-7+. The third kappa shape index (κ3) is 7.23. The van der Waals surface area contributed by atoms with Gasteiger partial charge in [0.2, 0.25) is 5.91 Å². The Kier molecular flexibility index (Phi) is 11.1. The van der Waals surface area contributed by atoms with E-state index in [1.54, 1.807) is 12.2 Å². The Hall–Kier alpha value is -3.92. The molecule has 0 unspecified atom stereocenters. The van der Waals surface area contributed by atoms with Gasteiger partial charge in [0.25, 0.3) is 11.8 Å². The van der Waals surface area contributed by atoms with Gasteiger partial charge in [0.05, 0.1) is 15.8 Å². The average molecular weight is 801 g/mol. The van der Waals surface area contributed by atoms with E-state index in [1.807, 2.05) is 46.9 Å². The van der Waals surface area contributed by atoms with Crippen LogP contribution in [0.15, 0.2) is 107 Å². The van der Waals surface area contributed by atoms with E-state index in [-0.39, 0.29) is 28.0 Å². The third-order valence-electron chi connectivity index (χ3n) is 8.02. The Morgan fingerprint density at radius 3 is 2.04 bits per heavy atom. The van der Waals surface area contributed by atoms with Crippen molar-refractivity contribution in [2.24, 2.45) is 0 Å². The molecular weight excluding hydrogens is 769 g/mol. The number of anilines is 3. The van der Waals surface area contributed by atoms with Gasteiger partial charge in [-0.15, -0.1) is 0 Å². The van der Waals surface area contributed by atoms with E-state index < -0.39 is 28.9 Å². The fourth-order valence-corrected chi connectivity index (χ4v) is 6.59. The molecule has 8 nitrogen and oxygen atoms in total. The first kappa shape index (κ1) is 35.4. The van der Waals surface area contributed by atoms with Crippen LogP contribution in [0.4, 0.5) is 25.8 Å². The minimum Gasteiger partial charge on any atom is -0.355 e. The van der Waals surface area contributed by atoms with E-state index in [0.29, 0.717) is 40.9 Å². The van der Waals surface area contributed by atoms with E-state index in [2.05, 4.69) is 24.1 Å². The van der Waals surface area contributed by atoms with Gasteiger partial charge in [-0.05, 0) is 103 Å². The lowest BCUT2D eigenvalue weighted by Crippen LogP contribution is -2.57. The summed E-state index contributed by atoms with van der Waals surface area (Å²) < 4.78 is 37.6. The molecule has 13 heteroatoms. The van der Waals surface area contributed by atoms with E-state index in [1.165, 1.54) is 54.6 Å². The minimum absolute atomic E-state index is 0.0299. The summed E-state index contributed by atoms with van der Waals surface area (Å²) in [6.45, 7) is 5.26. The lowest BCUT2D eigenvalue weighted by Gasteiger charge is -2.36. The first-order chi connectivity index (χ1) is 23.0. The zero-order valence-corrected chi connectivity index (χ0v) is 29.7. The van der Waals surface area contributed by atoms with Gasteiger partial charge in [-0.3, -0.25) is 24.2 Å². The number of alkyl halides is 1. The van der Waals surface area contributed by atoms with Gasteiger partial charge >= 0.3 is 0 Å². The molecule has 0 saturated carbocycles. The van der Waals surface area contributed by atoms with Crippen molar-refractivity contribution < 1.29 is 27.7 Å². The summed E-state index contributed by atoms with van der Waals surface area (Å²) in [5.74, 6) is -2.42. The normalized spacial score (nSPS) is 16.7. The molecule has 0 radical (unpaired) electrons. The smallest absolute Gasteiger partial charge is 0.270 e. The Bertz CT molecular complexity index is 1780. The van der Waals surface area contributed by atoms with Gasteiger partial charge in [0, 0.05) is 46.8 Å². The number of nitrogens with one attached hydrogen (secondary N) is 1. The van der Waals surface area contributed by atoms with Crippen LogP contribution in [0.3, 0.4) is 0 Å². The molecule has 248 valence electrons. The summed E-state index contributed by atoms with van der Waals surface area (Å²) in [5.41, 5.74) is 2.80. The Morgan fingerprint density at radius 1 is 0.938 bits per heavy atom. The van der Waals surface area contributed by atoms with E-state index in [0.717, 1.165) is 26.7 Å². The molecule has 1 fully saturated rings. The zero-order valence-electron chi connectivity index (χ0n) is 26.0. The highest BCUT2D eigenvalue weighted by Crippen LogP contribution is 2.48. The largest absolute Gasteiger partial charge is 0.355 e. The van der Waals surface area contributed by atoms with Crippen LogP contribution < -0.4 is 20.0 Å². The molecule has 3 amide bonds. The molecule has 2 aliphatic heterocycles. The summed E-state index contributed by atoms with van der Waals surface area (Å²) in [6, 6.07) is 16.1. The maximum Gasteiger partial charge on any atom is 0.270 e. The van der Waals surface area contributed by atoms with E-state index >= 15 is 0 Å². The highest BCUT2D eigenvalue weighted by atomic mass is 127. The molecular formula is C35H31F2IN4O4S2. The molecule has 0 atom stereocenters. The number of benzene rings is 3. The number of rotatable bonds is 10. The van der Waals surface area contributed by atoms with Crippen LogP contribution >= 0.6 is 46.9 Å². The Balaban J connectivity index is 1.49. The van der Waals surface area contributed by atoms with Crippen molar-refractivity contribution in [2.45, 2.75) is 30.6 Å². The second kappa shape index (κ2) is 15.1. The first-order valence-corrected chi connectivity index (χ1v) is 17.6. The van der Waals surface area contributed by atoms with E-state index in [4.69, 9.17) is 12.2 Å². The third-order valence-corrected chi connectivity index (χ3v) is 9.54. The number of thiocarbonyl (C=S) groups is 1. The lowest BCUT2D eigenvalue weighted by atomic mass is 9.83. The topological polar surface area (TPSA) is 93.2 Å². The van der Waals surface area contributed by atoms with Crippen molar-refractivity contribution in [2.75, 3.05) is 32.2 Å². The summed E-state index contributed by atoms with van der Waals surface area (Å²) in [7, 11) is 0. The Morgan fingerprint density at radius 2 is 1.50 bits per heavy atom. The average Bonchev–Trinajstić information content (AvgIpc) is 3.28. The number of hydrogen-bond donors (Lipinski definition) is 2. The Labute approximate surface area is 300 Å². The van der Waals surface area contributed by atoms with Crippen LogP contribution in [0, 0.1) is 11.6 Å². The van der Waals surface area contributed by atoms with Crippen molar-refractivity contribution in [3.63, 3.8) is 0 Å². The van der Waals surface area contributed by atoms with Crippen LogP contribution in [0.2, 0.25) is 0 Å². The maximum absolute atomic E-state index is 13.8. The highest BCUT2D eigenvalue weighted by Gasteiger charge is 2.42. The highest BCUT2D eigenvalue weighted by molar-refractivity contribution is 14.1.